The summed E-state index contributed by atoms with van der Waals surface area (Å²) in [6, 6.07) is 0.290. The molecule has 116 valence electrons. The highest BCUT2D eigenvalue weighted by molar-refractivity contribution is 7.89. The van der Waals surface area contributed by atoms with Crippen LogP contribution in [-0.4, -0.2) is 48.1 Å². The minimum atomic E-state index is -4.41. The van der Waals surface area contributed by atoms with Gasteiger partial charge in [-0.15, -0.1) is 0 Å². The fourth-order valence-electron chi connectivity index (χ4n) is 2.31. The van der Waals surface area contributed by atoms with Crippen LogP contribution in [0, 0.1) is 11.6 Å². The number of hydrogen-bond donors (Lipinski definition) is 2. The monoisotopic (exact) mass is 321 g/mol. The van der Waals surface area contributed by atoms with E-state index < -0.39 is 50.7 Å². The molecule has 1 aliphatic rings. The standard InChI is InChI=1S/C12H13F2NO5S/c13-9-4-7(12(17)18)5-10(11(9)14)21(19,20)15-3-1-2-8(15)6-16/h4-5,8,16H,1-3,6H2,(H,17,18)/t8-/m1/s1. The summed E-state index contributed by atoms with van der Waals surface area (Å²) in [4.78, 5) is 9.82. The van der Waals surface area contributed by atoms with Crippen LogP contribution in [0.5, 0.6) is 0 Å². The summed E-state index contributed by atoms with van der Waals surface area (Å²) in [7, 11) is -4.41. The summed E-state index contributed by atoms with van der Waals surface area (Å²) in [5.74, 6) is -4.73. The molecule has 0 aliphatic carbocycles. The third-order valence-corrected chi connectivity index (χ3v) is 5.31. The highest BCUT2D eigenvalue weighted by Gasteiger charge is 2.37. The molecule has 1 aromatic rings. The van der Waals surface area contributed by atoms with Crippen molar-refractivity contribution in [3.63, 3.8) is 0 Å². The molecule has 0 aromatic heterocycles. The first-order chi connectivity index (χ1) is 9.78. The smallest absolute Gasteiger partial charge is 0.335 e. The van der Waals surface area contributed by atoms with Gasteiger partial charge in [0.25, 0.3) is 0 Å². The van der Waals surface area contributed by atoms with E-state index in [9.17, 15) is 22.0 Å². The van der Waals surface area contributed by atoms with E-state index in [-0.39, 0.29) is 6.54 Å². The van der Waals surface area contributed by atoms with Crippen LogP contribution >= 0.6 is 0 Å². The average molecular weight is 321 g/mol. The van der Waals surface area contributed by atoms with Gasteiger partial charge >= 0.3 is 5.97 Å². The van der Waals surface area contributed by atoms with Crippen molar-refractivity contribution in [2.45, 2.75) is 23.8 Å². The van der Waals surface area contributed by atoms with Gasteiger partial charge in [0, 0.05) is 12.6 Å². The number of carboxylic acid groups (broad SMARTS) is 1. The van der Waals surface area contributed by atoms with Crippen molar-refractivity contribution in [2.75, 3.05) is 13.2 Å². The van der Waals surface area contributed by atoms with Crippen LogP contribution in [0.3, 0.4) is 0 Å². The Morgan fingerprint density at radius 2 is 2.05 bits per heavy atom. The summed E-state index contributed by atoms with van der Waals surface area (Å²) in [6.45, 7) is -0.381. The van der Waals surface area contributed by atoms with Gasteiger partial charge in [0.2, 0.25) is 10.0 Å². The number of sulfonamides is 1. The van der Waals surface area contributed by atoms with Crippen molar-refractivity contribution in [3.8, 4) is 0 Å². The number of nitrogens with zero attached hydrogens (tertiary/aromatic N) is 1. The number of rotatable bonds is 4. The predicted molar refractivity (Wildman–Crippen MR) is 67.3 cm³/mol. The molecule has 6 nitrogen and oxygen atoms in total. The number of carboxylic acids is 1. The molecule has 0 unspecified atom stereocenters. The fraction of sp³-hybridized carbons (Fsp3) is 0.417. The molecule has 0 saturated carbocycles. The third-order valence-electron chi connectivity index (χ3n) is 3.36. The number of carbonyl (C=O) groups is 1. The molecule has 0 bridgehead atoms. The van der Waals surface area contributed by atoms with E-state index in [2.05, 4.69) is 0 Å². The van der Waals surface area contributed by atoms with Crippen molar-refractivity contribution in [1.29, 1.82) is 0 Å². The van der Waals surface area contributed by atoms with Crippen molar-refractivity contribution in [2.24, 2.45) is 0 Å². The molecule has 21 heavy (non-hydrogen) atoms. The van der Waals surface area contributed by atoms with E-state index in [1.165, 1.54) is 0 Å². The lowest BCUT2D eigenvalue weighted by Gasteiger charge is -2.22. The summed E-state index contributed by atoms with van der Waals surface area (Å²) >= 11 is 0. The third kappa shape index (κ3) is 2.76. The second kappa shape index (κ2) is 5.66. The normalized spacial score (nSPS) is 19.9. The van der Waals surface area contributed by atoms with E-state index in [0.29, 0.717) is 25.0 Å². The maximum Gasteiger partial charge on any atom is 0.335 e. The number of benzene rings is 1. The predicted octanol–water partition coefficient (Wildman–Crippen LogP) is 0.808. The van der Waals surface area contributed by atoms with Crippen LogP contribution in [-0.2, 0) is 10.0 Å². The molecule has 0 radical (unpaired) electrons. The lowest BCUT2D eigenvalue weighted by atomic mass is 10.2. The van der Waals surface area contributed by atoms with Crippen molar-refractivity contribution < 1.29 is 32.2 Å². The number of aliphatic hydroxyl groups excluding tert-OH is 1. The molecule has 1 heterocycles. The molecule has 1 aliphatic heterocycles. The molecule has 9 heteroatoms. The topological polar surface area (TPSA) is 94.9 Å². The van der Waals surface area contributed by atoms with Crippen molar-refractivity contribution in [1.82, 2.24) is 4.31 Å². The van der Waals surface area contributed by atoms with Gasteiger partial charge < -0.3 is 10.2 Å². The van der Waals surface area contributed by atoms with Crippen LogP contribution in [0.1, 0.15) is 23.2 Å². The van der Waals surface area contributed by atoms with E-state index in [0.717, 1.165) is 4.31 Å². The largest absolute Gasteiger partial charge is 0.478 e. The maximum atomic E-state index is 13.8. The first-order valence-electron chi connectivity index (χ1n) is 6.14. The molecule has 0 spiro atoms. The molecule has 1 aromatic carbocycles. The Morgan fingerprint density at radius 1 is 1.38 bits per heavy atom. The van der Waals surface area contributed by atoms with Crippen molar-refractivity contribution >= 4 is 16.0 Å². The number of halogens is 2. The van der Waals surface area contributed by atoms with Gasteiger partial charge in [-0.05, 0) is 25.0 Å². The van der Waals surface area contributed by atoms with E-state index in [1.807, 2.05) is 0 Å². The molecular formula is C12H13F2NO5S. The summed E-state index contributed by atoms with van der Waals surface area (Å²) < 4.78 is 52.8. The van der Waals surface area contributed by atoms with Gasteiger partial charge in [0.15, 0.2) is 11.6 Å². The molecule has 2 rings (SSSR count). The van der Waals surface area contributed by atoms with E-state index >= 15 is 0 Å². The van der Waals surface area contributed by atoms with Gasteiger partial charge in [-0.3, -0.25) is 0 Å². The Kier molecular flexibility index (Phi) is 4.26. The van der Waals surface area contributed by atoms with Gasteiger partial charge in [0.05, 0.1) is 12.2 Å². The zero-order valence-electron chi connectivity index (χ0n) is 10.8. The number of hydrogen-bond acceptors (Lipinski definition) is 4. The lowest BCUT2D eigenvalue weighted by Crippen LogP contribution is -2.38. The molecule has 0 amide bonds. The quantitative estimate of drug-likeness (QED) is 0.856. The SMILES string of the molecule is O=C(O)c1cc(F)c(F)c(S(=O)(=O)N2CCC[C@@H]2CO)c1. The molecular weight excluding hydrogens is 308 g/mol. The van der Waals surface area contributed by atoms with E-state index in [1.54, 1.807) is 0 Å². The summed E-state index contributed by atoms with van der Waals surface area (Å²) in [5, 5.41) is 18.0. The van der Waals surface area contributed by atoms with Gasteiger partial charge in [-0.2, -0.15) is 4.31 Å². The minimum absolute atomic E-state index is 0.0614. The molecule has 1 atom stereocenters. The Labute approximate surface area is 119 Å². The van der Waals surface area contributed by atoms with Gasteiger partial charge in [-0.25, -0.2) is 22.0 Å². The highest BCUT2D eigenvalue weighted by atomic mass is 32.2. The maximum absolute atomic E-state index is 13.8. The van der Waals surface area contributed by atoms with Crippen LogP contribution in [0.15, 0.2) is 17.0 Å². The fourth-order valence-corrected chi connectivity index (χ4v) is 4.10. The Morgan fingerprint density at radius 3 is 2.62 bits per heavy atom. The number of aromatic carboxylic acids is 1. The molecule has 1 saturated heterocycles. The lowest BCUT2D eigenvalue weighted by molar-refractivity contribution is 0.0696. The Hall–Kier alpha value is -1.58. The second-order valence-corrected chi connectivity index (χ2v) is 6.53. The minimum Gasteiger partial charge on any atom is -0.478 e. The summed E-state index contributed by atoms with van der Waals surface area (Å²) in [6.07, 6.45) is 0.881. The Bertz CT molecular complexity index is 676. The molecule has 2 N–H and O–H groups in total. The Balaban J connectivity index is 2.56. The van der Waals surface area contributed by atoms with Crippen LogP contribution in [0.4, 0.5) is 8.78 Å². The van der Waals surface area contributed by atoms with Crippen LogP contribution < -0.4 is 0 Å². The number of aliphatic hydroxyl groups is 1. The highest BCUT2D eigenvalue weighted by Crippen LogP contribution is 2.29. The first kappa shape index (κ1) is 15.8. The second-order valence-electron chi connectivity index (χ2n) is 4.67. The average Bonchev–Trinajstić information content (AvgIpc) is 2.90. The zero-order valence-corrected chi connectivity index (χ0v) is 11.6. The summed E-state index contributed by atoms with van der Waals surface area (Å²) in [5.41, 5.74) is -0.660. The zero-order chi connectivity index (χ0) is 15.8. The van der Waals surface area contributed by atoms with Gasteiger partial charge in [0.1, 0.15) is 4.90 Å². The van der Waals surface area contributed by atoms with Crippen molar-refractivity contribution in [3.05, 3.63) is 29.3 Å². The van der Waals surface area contributed by atoms with Gasteiger partial charge in [-0.1, -0.05) is 0 Å². The van der Waals surface area contributed by atoms with Crippen LogP contribution in [0.25, 0.3) is 0 Å². The van der Waals surface area contributed by atoms with E-state index in [4.69, 9.17) is 10.2 Å². The van der Waals surface area contributed by atoms with Crippen LogP contribution in [0.2, 0.25) is 0 Å². The molecule has 1 fully saturated rings. The first-order valence-corrected chi connectivity index (χ1v) is 7.58.